The van der Waals surface area contributed by atoms with Gasteiger partial charge < -0.3 is 24.6 Å². The predicted octanol–water partition coefficient (Wildman–Crippen LogP) is 1.05. The van der Waals surface area contributed by atoms with Crippen molar-refractivity contribution in [3.05, 3.63) is 60.7 Å². The highest BCUT2D eigenvalue weighted by Crippen LogP contribution is 2.35. The van der Waals surface area contributed by atoms with Gasteiger partial charge in [-0.25, -0.2) is 13.1 Å². The van der Waals surface area contributed by atoms with Crippen molar-refractivity contribution in [2.24, 2.45) is 0 Å². The van der Waals surface area contributed by atoms with Crippen LogP contribution in [-0.4, -0.2) is 52.0 Å². The number of aliphatic hydroxyl groups excluding tert-OH is 1. The first-order chi connectivity index (χ1) is 14.4. The lowest BCUT2D eigenvalue weighted by molar-refractivity contribution is 0.0843. The third kappa shape index (κ3) is 5.50. The van der Waals surface area contributed by atoms with E-state index in [4.69, 9.17) is 14.2 Å². The number of amides is 1. The fraction of sp³-hybridized carbons (Fsp3) is 0.250. The number of carbonyl (C=O) groups excluding carboxylic acids is 1. The van der Waals surface area contributed by atoms with Gasteiger partial charge in [-0.05, 0) is 30.3 Å². The summed E-state index contributed by atoms with van der Waals surface area (Å²) in [5, 5.41) is 12.6. The summed E-state index contributed by atoms with van der Waals surface area (Å²) in [5.74, 6) is 1.17. The van der Waals surface area contributed by atoms with Gasteiger partial charge in [0.1, 0.15) is 18.5 Å². The molecule has 0 spiro atoms. The van der Waals surface area contributed by atoms with Crippen molar-refractivity contribution in [2.75, 3.05) is 26.5 Å². The van der Waals surface area contributed by atoms with Crippen LogP contribution in [0.5, 0.6) is 17.2 Å². The Morgan fingerprint density at radius 1 is 1.23 bits per heavy atom. The maximum atomic E-state index is 12.3. The minimum absolute atomic E-state index is 0.0383. The van der Waals surface area contributed by atoms with Crippen LogP contribution in [0.4, 0.5) is 0 Å². The summed E-state index contributed by atoms with van der Waals surface area (Å²) in [4.78, 5) is 12.3. The van der Waals surface area contributed by atoms with Gasteiger partial charge in [0.25, 0.3) is 5.91 Å². The zero-order valence-electron chi connectivity index (χ0n) is 16.0. The second-order valence-corrected chi connectivity index (χ2v) is 8.13. The molecule has 10 heteroatoms. The van der Waals surface area contributed by atoms with Gasteiger partial charge in [-0.2, -0.15) is 0 Å². The SMILES string of the molecule is C=CCNS(=O)(=O)c1cccc(C(=O)NCC(O)COc2ccc3c(c2)OCO3)c1. The third-order valence-corrected chi connectivity index (χ3v) is 5.53. The third-order valence-electron chi connectivity index (χ3n) is 4.11. The fourth-order valence-electron chi connectivity index (χ4n) is 2.59. The smallest absolute Gasteiger partial charge is 0.251 e. The number of nitrogens with one attached hydrogen (secondary N) is 2. The molecule has 0 saturated heterocycles. The first-order valence-electron chi connectivity index (χ1n) is 9.08. The number of ether oxygens (including phenoxy) is 3. The van der Waals surface area contributed by atoms with Gasteiger partial charge in [0.15, 0.2) is 11.5 Å². The first kappa shape index (κ1) is 21.6. The molecule has 0 bridgehead atoms. The van der Waals surface area contributed by atoms with E-state index in [1.54, 1.807) is 18.2 Å². The van der Waals surface area contributed by atoms with E-state index in [1.807, 2.05) is 0 Å². The van der Waals surface area contributed by atoms with Crippen LogP contribution in [0.15, 0.2) is 60.0 Å². The number of benzene rings is 2. The van der Waals surface area contributed by atoms with Gasteiger partial charge in [0.05, 0.1) is 4.90 Å². The van der Waals surface area contributed by atoms with E-state index < -0.39 is 22.0 Å². The molecule has 9 nitrogen and oxygen atoms in total. The number of rotatable bonds is 10. The lowest BCUT2D eigenvalue weighted by Gasteiger charge is -2.14. The summed E-state index contributed by atoms with van der Waals surface area (Å²) < 4.78 is 42.6. The predicted molar refractivity (Wildman–Crippen MR) is 108 cm³/mol. The summed E-state index contributed by atoms with van der Waals surface area (Å²) in [6.07, 6.45) is 0.446. The summed E-state index contributed by atoms with van der Waals surface area (Å²) in [5.41, 5.74) is 0.153. The molecular formula is C20H22N2O7S. The summed E-state index contributed by atoms with van der Waals surface area (Å²) in [6.45, 7) is 3.56. The number of hydrogen-bond acceptors (Lipinski definition) is 7. The Morgan fingerprint density at radius 2 is 2.03 bits per heavy atom. The molecule has 3 N–H and O–H groups in total. The average Bonchev–Trinajstić information content (AvgIpc) is 3.22. The van der Waals surface area contributed by atoms with Crippen molar-refractivity contribution in [1.82, 2.24) is 10.0 Å². The van der Waals surface area contributed by atoms with Crippen LogP contribution in [0, 0.1) is 0 Å². The molecule has 0 radical (unpaired) electrons. The highest BCUT2D eigenvalue weighted by molar-refractivity contribution is 7.89. The van der Waals surface area contributed by atoms with Crippen LogP contribution in [0.2, 0.25) is 0 Å². The fourth-order valence-corrected chi connectivity index (χ4v) is 3.63. The molecule has 0 fully saturated rings. The van der Waals surface area contributed by atoms with Crippen LogP contribution >= 0.6 is 0 Å². The van der Waals surface area contributed by atoms with E-state index in [2.05, 4.69) is 16.6 Å². The molecular weight excluding hydrogens is 412 g/mol. The lowest BCUT2D eigenvalue weighted by atomic mass is 10.2. The van der Waals surface area contributed by atoms with Gasteiger partial charge in [-0.15, -0.1) is 6.58 Å². The van der Waals surface area contributed by atoms with Crippen molar-refractivity contribution in [3.8, 4) is 17.2 Å². The van der Waals surface area contributed by atoms with Gasteiger partial charge in [0, 0.05) is 24.7 Å². The zero-order valence-corrected chi connectivity index (χ0v) is 16.9. The van der Waals surface area contributed by atoms with E-state index in [1.165, 1.54) is 30.3 Å². The maximum Gasteiger partial charge on any atom is 0.251 e. The highest BCUT2D eigenvalue weighted by Gasteiger charge is 2.17. The quantitative estimate of drug-likeness (QED) is 0.478. The van der Waals surface area contributed by atoms with Crippen molar-refractivity contribution in [2.45, 2.75) is 11.0 Å². The first-order valence-corrected chi connectivity index (χ1v) is 10.6. The molecule has 1 aliphatic heterocycles. The Hall–Kier alpha value is -3.08. The average molecular weight is 434 g/mol. The molecule has 3 rings (SSSR count). The van der Waals surface area contributed by atoms with E-state index in [-0.39, 0.29) is 36.9 Å². The van der Waals surface area contributed by atoms with Gasteiger partial charge in [-0.3, -0.25) is 4.79 Å². The van der Waals surface area contributed by atoms with Crippen molar-refractivity contribution in [1.29, 1.82) is 0 Å². The Labute approximate surface area is 174 Å². The van der Waals surface area contributed by atoms with Crippen LogP contribution in [0.1, 0.15) is 10.4 Å². The molecule has 1 atom stereocenters. The maximum absolute atomic E-state index is 12.3. The minimum atomic E-state index is -3.74. The largest absolute Gasteiger partial charge is 0.491 e. The van der Waals surface area contributed by atoms with Crippen LogP contribution in [-0.2, 0) is 10.0 Å². The van der Waals surface area contributed by atoms with Crippen LogP contribution in [0.25, 0.3) is 0 Å². The normalized spacial score (nSPS) is 13.5. The van der Waals surface area contributed by atoms with E-state index in [9.17, 15) is 18.3 Å². The summed E-state index contributed by atoms with van der Waals surface area (Å²) in [6, 6.07) is 10.6. The molecule has 160 valence electrons. The van der Waals surface area contributed by atoms with Crippen molar-refractivity contribution in [3.63, 3.8) is 0 Å². The number of fused-ring (bicyclic) bond motifs is 1. The molecule has 0 saturated carbocycles. The highest BCUT2D eigenvalue weighted by atomic mass is 32.2. The Morgan fingerprint density at radius 3 is 2.83 bits per heavy atom. The molecule has 2 aromatic carbocycles. The van der Waals surface area contributed by atoms with Crippen molar-refractivity contribution >= 4 is 15.9 Å². The molecule has 1 unspecified atom stereocenters. The topological polar surface area (TPSA) is 123 Å². The molecule has 0 aliphatic carbocycles. The molecule has 2 aromatic rings. The van der Waals surface area contributed by atoms with Gasteiger partial charge in [-0.1, -0.05) is 12.1 Å². The second-order valence-electron chi connectivity index (χ2n) is 6.36. The minimum Gasteiger partial charge on any atom is -0.491 e. The standard InChI is InChI=1S/C20H22N2O7S/c1-2-8-22-30(25,26)17-5-3-4-14(9-17)20(24)21-11-15(23)12-27-16-6-7-18-19(10-16)29-13-28-18/h2-7,9-10,15,22-23H,1,8,11-13H2,(H,21,24). The number of aliphatic hydroxyl groups is 1. The van der Waals surface area contributed by atoms with E-state index in [0.29, 0.717) is 17.2 Å². The van der Waals surface area contributed by atoms with Crippen molar-refractivity contribution < 1.29 is 32.5 Å². The van der Waals surface area contributed by atoms with Crippen LogP contribution in [0.3, 0.4) is 0 Å². The summed E-state index contributed by atoms with van der Waals surface area (Å²) >= 11 is 0. The summed E-state index contributed by atoms with van der Waals surface area (Å²) in [7, 11) is -3.74. The molecule has 0 aromatic heterocycles. The van der Waals surface area contributed by atoms with Gasteiger partial charge >= 0.3 is 0 Å². The monoisotopic (exact) mass is 434 g/mol. The van der Waals surface area contributed by atoms with Crippen LogP contribution < -0.4 is 24.2 Å². The number of carbonyl (C=O) groups is 1. The molecule has 1 aliphatic rings. The molecule has 1 amide bonds. The van der Waals surface area contributed by atoms with E-state index >= 15 is 0 Å². The number of sulfonamides is 1. The molecule has 1 heterocycles. The Kier molecular flexibility index (Phi) is 6.93. The van der Waals surface area contributed by atoms with Gasteiger partial charge in [0.2, 0.25) is 16.8 Å². The Bertz CT molecular complexity index is 1020. The zero-order chi connectivity index (χ0) is 21.6. The number of hydrogen-bond donors (Lipinski definition) is 3. The Balaban J connectivity index is 1.51. The molecule has 30 heavy (non-hydrogen) atoms. The lowest BCUT2D eigenvalue weighted by Crippen LogP contribution is -2.35. The second kappa shape index (κ2) is 9.61. The van der Waals surface area contributed by atoms with E-state index in [0.717, 1.165) is 0 Å².